The molecule has 0 saturated carbocycles. The van der Waals surface area contributed by atoms with Crippen LogP contribution in [0.4, 0.5) is 10.5 Å². The molecule has 2 aromatic carbocycles. The van der Waals surface area contributed by atoms with Gasteiger partial charge in [-0.05, 0) is 67.4 Å². The summed E-state index contributed by atoms with van der Waals surface area (Å²) in [6, 6.07) is 11.0. The number of amides is 4. The second kappa shape index (κ2) is 7.96. The van der Waals surface area contributed by atoms with E-state index in [9.17, 15) is 14.4 Å². The lowest BCUT2D eigenvalue weighted by atomic mass is 10.0. The number of carbonyl (C=O) groups is 3. The molecule has 1 N–H and O–H groups in total. The Kier molecular flexibility index (Phi) is 5.44. The predicted molar refractivity (Wildman–Crippen MR) is 104 cm³/mol. The van der Waals surface area contributed by atoms with Gasteiger partial charge < -0.3 is 9.47 Å². The van der Waals surface area contributed by atoms with Gasteiger partial charge in [0.15, 0.2) is 0 Å². The molecule has 0 spiro atoms. The highest BCUT2D eigenvalue weighted by Gasteiger charge is 2.36. The average molecular weight is 380 g/mol. The lowest BCUT2D eigenvalue weighted by Gasteiger charge is -2.26. The molecular formula is C21H20N2O5. The first-order chi connectivity index (χ1) is 13.4. The first-order valence-electron chi connectivity index (χ1n) is 8.73. The highest BCUT2D eigenvalue weighted by Crippen LogP contribution is 2.25. The molecule has 2 aromatic rings. The summed E-state index contributed by atoms with van der Waals surface area (Å²) in [5, 5.41) is 2.21. The summed E-state index contributed by atoms with van der Waals surface area (Å²) in [6.45, 7) is 4.21. The molecule has 28 heavy (non-hydrogen) atoms. The van der Waals surface area contributed by atoms with Crippen LogP contribution < -0.4 is 19.7 Å². The SMILES string of the molecule is CCOc1ccc(N2C(=O)NC(=O)/C(=C/c3ccc(OC)cc3C)C2=O)cc1. The smallest absolute Gasteiger partial charge is 0.335 e. The van der Waals surface area contributed by atoms with E-state index < -0.39 is 17.8 Å². The van der Waals surface area contributed by atoms with Crippen molar-refractivity contribution in [1.82, 2.24) is 5.32 Å². The Labute approximate surface area is 162 Å². The zero-order valence-corrected chi connectivity index (χ0v) is 15.8. The molecule has 3 rings (SSSR count). The van der Waals surface area contributed by atoms with E-state index in [0.29, 0.717) is 29.4 Å². The molecule has 4 amide bonds. The van der Waals surface area contributed by atoms with Crippen molar-refractivity contribution in [3.63, 3.8) is 0 Å². The van der Waals surface area contributed by atoms with Crippen molar-refractivity contribution in [1.29, 1.82) is 0 Å². The number of aryl methyl sites for hydroxylation is 1. The van der Waals surface area contributed by atoms with Crippen LogP contribution in [-0.4, -0.2) is 31.6 Å². The number of barbiturate groups is 1. The second-order valence-corrected chi connectivity index (χ2v) is 6.11. The Hall–Kier alpha value is -3.61. The Morgan fingerprint density at radius 1 is 1.04 bits per heavy atom. The van der Waals surface area contributed by atoms with E-state index in [1.165, 1.54) is 6.08 Å². The van der Waals surface area contributed by atoms with Crippen LogP contribution in [-0.2, 0) is 9.59 Å². The fraction of sp³-hybridized carbons (Fsp3) is 0.190. The molecular weight excluding hydrogens is 360 g/mol. The maximum Gasteiger partial charge on any atom is 0.335 e. The zero-order chi connectivity index (χ0) is 20.3. The minimum Gasteiger partial charge on any atom is -0.497 e. The van der Waals surface area contributed by atoms with Gasteiger partial charge in [-0.15, -0.1) is 0 Å². The number of hydrogen-bond donors (Lipinski definition) is 1. The number of nitrogens with zero attached hydrogens (tertiary/aromatic N) is 1. The summed E-state index contributed by atoms with van der Waals surface area (Å²) in [7, 11) is 1.56. The molecule has 1 heterocycles. The maximum atomic E-state index is 12.9. The Morgan fingerprint density at radius 2 is 1.71 bits per heavy atom. The van der Waals surface area contributed by atoms with Crippen molar-refractivity contribution in [2.24, 2.45) is 0 Å². The van der Waals surface area contributed by atoms with Crippen LogP contribution in [0.3, 0.4) is 0 Å². The highest BCUT2D eigenvalue weighted by atomic mass is 16.5. The Morgan fingerprint density at radius 3 is 2.32 bits per heavy atom. The number of ether oxygens (including phenoxy) is 2. The van der Waals surface area contributed by atoms with Gasteiger partial charge in [-0.25, -0.2) is 9.69 Å². The number of nitrogens with one attached hydrogen (secondary N) is 1. The lowest BCUT2D eigenvalue weighted by Crippen LogP contribution is -2.54. The van der Waals surface area contributed by atoms with Crippen molar-refractivity contribution in [2.75, 3.05) is 18.6 Å². The number of anilines is 1. The minimum absolute atomic E-state index is 0.123. The van der Waals surface area contributed by atoms with Crippen molar-refractivity contribution >= 4 is 29.6 Å². The Bertz CT molecular complexity index is 963. The van der Waals surface area contributed by atoms with Crippen molar-refractivity contribution in [3.8, 4) is 11.5 Å². The molecule has 144 valence electrons. The zero-order valence-electron chi connectivity index (χ0n) is 15.8. The third-order valence-corrected chi connectivity index (χ3v) is 4.28. The summed E-state index contributed by atoms with van der Waals surface area (Å²) in [5.41, 5.74) is 1.73. The van der Waals surface area contributed by atoms with Gasteiger partial charge in [0.2, 0.25) is 0 Å². The van der Waals surface area contributed by atoms with E-state index in [2.05, 4.69) is 5.32 Å². The molecule has 1 aliphatic heterocycles. The fourth-order valence-electron chi connectivity index (χ4n) is 2.84. The Balaban J connectivity index is 1.96. The van der Waals surface area contributed by atoms with Crippen LogP contribution in [0.15, 0.2) is 48.0 Å². The number of imide groups is 2. The molecule has 1 aliphatic rings. The molecule has 1 fully saturated rings. The summed E-state index contributed by atoms with van der Waals surface area (Å²) >= 11 is 0. The molecule has 0 atom stereocenters. The first kappa shape index (κ1) is 19.2. The largest absolute Gasteiger partial charge is 0.497 e. The number of benzene rings is 2. The highest BCUT2D eigenvalue weighted by molar-refractivity contribution is 6.39. The molecule has 0 aliphatic carbocycles. The molecule has 1 saturated heterocycles. The van der Waals surface area contributed by atoms with E-state index in [-0.39, 0.29) is 5.57 Å². The van der Waals surface area contributed by atoms with E-state index in [0.717, 1.165) is 10.5 Å². The van der Waals surface area contributed by atoms with Gasteiger partial charge >= 0.3 is 6.03 Å². The predicted octanol–water partition coefficient (Wildman–Crippen LogP) is 3.07. The quantitative estimate of drug-likeness (QED) is 0.637. The topological polar surface area (TPSA) is 84.9 Å². The first-order valence-corrected chi connectivity index (χ1v) is 8.73. The third kappa shape index (κ3) is 3.73. The minimum atomic E-state index is -0.789. The van der Waals surface area contributed by atoms with Crippen LogP contribution in [0.25, 0.3) is 6.08 Å². The van der Waals surface area contributed by atoms with Crippen LogP contribution in [0.5, 0.6) is 11.5 Å². The molecule has 7 nitrogen and oxygen atoms in total. The van der Waals surface area contributed by atoms with Crippen LogP contribution in [0, 0.1) is 6.92 Å². The van der Waals surface area contributed by atoms with Gasteiger partial charge in [0, 0.05) is 0 Å². The van der Waals surface area contributed by atoms with Gasteiger partial charge in [0.25, 0.3) is 11.8 Å². The van der Waals surface area contributed by atoms with Crippen LogP contribution in [0.2, 0.25) is 0 Å². The number of rotatable bonds is 5. The van der Waals surface area contributed by atoms with Crippen molar-refractivity contribution in [3.05, 3.63) is 59.2 Å². The van der Waals surface area contributed by atoms with Gasteiger partial charge in [-0.2, -0.15) is 0 Å². The van der Waals surface area contributed by atoms with Gasteiger partial charge in [-0.1, -0.05) is 6.07 Å². The standard InChI is InChI=1S/C21H20N2O5/c1-4-28-16-9-6-15(7-10-16)23-20(25)18(19(24)22-21(23)26)12-14-5-8-17(27-3)11-13(14)2/h5-12H,4H2,1-3H3,(H,22,24,26)/b18-12-. The van der Waals surface area contributed by atoms with Gasteiger partial charge in [0.05, 0.1) is 19.4 Å². The lowest BCUT2D eigenvalue weighted by molar-refractivity contribution is -0.122. The van der Waals surface area contributed by atoms with Gasteiger partial charge in [0.1, 0.15) is 17.1 Å². The van der Waals surface area contributed by atoms with E-state index in [1.54, 1.807) is 49.6 Å². The average Bonchev–Trinajstić information content (AvgIpc) is 2.67. The summed E-state index contributed by atoms with van der Waals surface area (Å²) in [6.07, 6.45) is 1.47. The number of urea groups is 1. The fourth-order valence-corrected chi connectivity index (χ4v) is 2.84. The maximum absolute atomic E-state index is 12.9. The van der Waals surface area contributed by atoms with E-state index in [4.69, 9.17) is 9.47 Å². The molecule has 0 radical (unpaired) electrons. The second-order valence-electron chi connectivity index (χ2n) is 6.11. The molecule has 7 heteroatoms. The molecule has 0 aromatic heterocycles. The summed E-state index contributed by atoms with van der Waals surface area (Å²) in [4.78, 5) is 38.4. The van der Waals surface area contributed by atoms with E-state index >= 15 is 0 Å². The summed E-state index contributed by atoms with van der Waals surface area (Å²) < 4.78 is 10.5. The molecule has 0 bridgehead atoms. The normalized spacial score (nSPS) is 15.6. The number of carbonyl (C=O) groups excluding carboxylic acids is 3. The van der Waals surface area contributed by atoms with Crippen molar-refractivity contribution in [2.45, 2.75) is 13.8 Å². The third-order valence-electron chi connectivity index (χ3n) is 4.28. The number of methoxy groups -OCH3 is 1. The van der Waals surface area contributed by atoms with Crippen LogP contribution >= 0.6 is 0 Å². The summed E-state index contributed by atoms with van der Waals surface area (Å²) in [5.74, 6) is -0.123. The number of hydrogen-bond acceptors (Lipinski definition) is 5. The molecule has 0 unspecified atom stereocenters. The van der Waals surface area contributed by atoms with Crippen LogP contribution in [0.1, 0.15) is 18.1 Å². The monoisotopic (exact) mass is 380 g/mol. The van der Waals surface area contributed by atoms with E-state index in [1.807, 2.05) is 13.8 Å². The van der Waals surface area contributed by atoms with Gasteiger partial charge in [-0.3, -0.25) is 14.9 Å². The van der Waals surface area contributed by atoms with Crippen molar-refractivity contribution < 1.29 is 23.9 Å².